The maximum atomic E-state index is 13.5. The Kier molecular flexibility index (Phi) is 8.52. The van der Waals surface area contributed by atoms with Crippen LogP contribution in [0.4, 0.5) is 4.39 Å². The number of aromatic nitrogens is 1. The summed E-state index contributed by atoms with van der Waals surface area (Å²) in [6, 6.07) is 17.4. The molecule has 0 aliphatic carbocycles. The molecule has 1 N–H and O–H groups in total. The Hall–Kier alpha value is -3.91. The number of ether oxygens (including phenoxy) is 1. The number of benzene rings is 2. The fraction of sp³-hybridized carbons (Fsp3) is 0.286. The molecule has 0 saturated carbocycles. The lowest BCUT2D eigenvalue weighted by atomic mass is 10.1. The highest BCUT2D eigenvalue weighted by atomic mass is 19.1. The first kappa shape index (κ1) is 25.2. The zero-order valence-electron chi connectivity index (χ0n) is 20.3. The largest absolute Gasteiger partial charge is 0.459 e. The number of fused-ring (bicyclic) bond motifs is 1. The van der Waals surface area contributed by atoms with Gasteiger partial charge in [-0.05, 0) is 54.3 Å². The van der Waals surface area contributed by atoms with E-state index < -0.39 is 0 Å². The first-order chi connectivity index (χ1) is 17.5. The second kappa shape index (κ2) is 12.2. The van der Waals surface area contributed by atoms with Gasteiger partial charge in [0.15, 0.2) is 5.76 Å². The summed E-state index contributed by atoms with van der Waals surface area (Å²) in [5, 5.41) is 1.11. The van der Waals surface area contributed by atoms with Crippen LogP contribution in [0.1, 0.15) is 28.1 Å². The number of hydrogen-bond donors (Lipinski definition) is 1. The molecule has 2 heterocycles. The van der Waals surface area contributed by atoms with Crippen LogP contribution in [0.15, 0.2) is 77.5 Å². The number of para-hydroxylation sites is 1. The molecule has 0 atom stereocenters. The molecule has 4 rings (SSSR count). The van der Waals surface area contributed by atoms with Crippen LogP contribution >= 0.6 is 0 Å². The predicted octanol–water partition coefficient (Wildman–Crippen LogP) is 4.65. The van der Waals surface area contributed by atoms with Crippen molar-refractivity contribution < 1.29 is 23.1 Å². The highest BCUT2D eigenvalue weighted by Gasteiger charge is 2.24. The van der Waals surface area contributed by atoms with Gasteiger partial charge in [-0.1, -0.05) is 30.3 Å². The van der Waals surface area contributed by atoms with Crippen LogP contribution < -0.4 is 0 Å². The third-order valence-electron chi connectivity index (χ3n) is 6.09. The van der Waals surface area contributed by atoms with Crippen molar-refractivity contribution in [3.8, 4) is 0 Å². The summed E-state index contributed by atoms with van der Waals surface area (Å²) in [7, 11) is 1.60. The van der Waals surface area contributed by atoms with E-state index >= 15 is 0 Å². The van der Waals surface area contributed by atoms with E-state index in [1.807, 2.05) is 30.5 Å². The number of carbonyl (C=O) groups excluding carboxylic acids is 2. The third-order valence-corrected chi connectivity index (χ3v) is 6.09. The molecule has 0 aliphatic heterocycles. The minimum absolute atomic E-state index is 0.0989. The number of furan rings is 1. The Morgan fingerprint density at radius 1 is 1.00 bits per heavy atom. The van der Waals surface area contributed by atoms with Crippen molar-refractivity contribution in [1.29, 1.82) is 0 Å². The zero-order chi connectivity index (χ0) is 25.3. The summed E-state index contributed by atoms with van der Waals surface area (Å²) in [6.07, 6.45) is 4.61. The lowest BCUT2D eigenvalue weighted by molar-refractivity contribution is -0.132. The van der Waals surface area contributed by atoms with Gasteiger partial charge in [-0.25, -0.2) is 4.39 Å². The van der Waals surface area contributed by atoms with Crippen molar-refractivity contribution in [3.63, 3.8) is 0 Å². The molecule has 0 unspecified atom stereocenters. The van der Waals surface area contributed by atoms with Gasteiger partial charge in [0.05, 0.1) is 6.26 Å². The molecule has 0 fully saturated rings. The molecule has 8 heteroatoms. The first-order valence-electron chi connectivity index (χ1n) is 11.9. The minimum atomic E-state index is -0.345. The molecule has 2 amide bonds. The second-order valence-corrected chi connectivity index (χ2v) is 8.60. The van der Waals surface area contributed by atoms with Gasteiger partial charge >= 0.3 is 0 Å². The van der Waals surface area contributed by atoms with Crippen molar-refractivity contribution in [2.45, 2.75) is 19.4 Å². The predicted molar refractivity (Wildman–Crippen MR) is 135 cm³/mol. The van der Waals surface area contributed by atoms with E-state index in [0.717, 1.165) is 22.0 Å². The Labute approximate surface area is 209 Å². The Morgan fingerprint density at radius 2 is 1.81 bits per heavy atom. The molecule has 2 aromatic heterocycles. The van der Waals surface area contributed by atoms with E-state index in [2.05, 4.69) is 4.98 Å². The summed E-state index contributed by atoms with van der Waals surface area (Å²) < 4.78 is 23.9. The molecule has 0 saturated heterocycles. The van der Waals surface area contributed by atoms with Crippen molar-refractivity contribution >= 4 is 22.7 Å². The SMILES string of the molecule is COCCCN(CC(=O)N(CCc1c[nH]c2ccccc12)Cc1ccc(F)cc1)C(=O)c1ccco1. The molecule has 7 nitrogen and oxygen atoms in total. The number of amides is 2. The van der Waals surface area contributed by atoms with Crippen molar-refractivity contribution in [3.05, 3.63) is 95.8 Å². The van der Waals surface area contributed by atoms with Gasteiger partial charge in [-0.3, -0.25) is 9.59 Å². The van der Waals surface area contributed by atoms with Gasteiger partial charge in [-0.2, -0.15) is 0 Å². The summed E-state index contributed by atoms with van der Waals surface area (Å²) in [4.78, 5) is 33.0. The summed E-state index contributed by atoms with van der Waals surface area (Å²) in [5.41, 5.74) is 2.95. The number of nitrogens with zero attached hydrogens (tertiary/aromatic N) is 2. The number of hydrogen-bond acceptors (Lipinski definition) is 4. The average molecular weight is 492 g/mol. The van der Waals surface area contributed by atoms with E-state index in [1.165, 1.54) is 23.3 Å². The highest BCUT2D eigenvalue weighted by molar-refractivity contribution is 5.94. The third kappa shape index (κ3) is 6.40. The average Bonchev–Trinajstić information content (AvgIpc) is 3.57. The summed E-state index contributed by atoms with van der Waals surface area (Å²) in [5.74, 6) is -0.688. The van der Waals surface area contributed by atoms with Crippen LogP contribution in [0.5, 0.6) is 0 Å². The number of aromatic amines is 1. The molecule has 0 radical (unpaired) electrons. The standard InChI is InChI=1S/C28H30FN3O4/c1-35-16-5-14-32(28(34)26-8-4-17-36-26)20-27(33)31(19-21-9-11-23(29)12-10-21)15-13-22-18-30-25-7-3-2-6-24(22)25/h2-4,6-12,17-18,30H,5,13-16,19-20H2,1H3. The van der Waals surface area contributed by atoms with Gasteiger partial charge in [0.1, 0.15) is 12.4 Å². The van der Waals surface area contributed by atoms with Crippen molar-refractivity contribution in [2.75, 3.05) is 33.4 Å². The van der Waals surface area contributed by atoms with Gasteiger partial charge in [0.25, 0.3) is 5.91 Å². The molecule has 0 spiro atoms. The van der Waals surface area contributed by atoms with E-state index in [1.54, 1.807) is 36.3 Å². The molecule has 0 aliphatic rings. The topological polar surface area (TPSA) is 78.8 Å². The maximum Gasteiger partial charge on any atom is 0.290 e. The van der Waals surface area contributed by atoms with Crippen LogP contribution in [-0.4, -0.2) is 59.9 Å². The van der Waals surface area contributed by atoms with Crippen LogP contribution in [0.3, 0.4) is 0 Å². The quantitative estimate of drug-likeness (QED) is 0.293. The number of carbonyl (C=O) groups is 2. The molecular formula is C28H30FN3O4. The maximum absolute atomic E-state index is 13.5. The lowest BCUT2D eigenvalue weighted by Crippen LogP contribution is -2.44. The highest BCUT2D eigenvalue weighted by Crippen LogP contribution is 2.19. The Bertz CT molecular complexity index is 1270. The number of nitrogens with one attached hydrogen (secondary N) is 1. The van der Waals surface area contributed by atoms with Crippen LogP contribution in [0, 0.1) is 5.82 Å². The van der Waals surface area contributed by atoms with Gasteiger partial charge in [-0.15, -0.1) is 0 Å². The molecule has 0 bridgehead atoms. The minimum Gasteiger partial charge on any atom is -0.459 e. The second-order valence-electron chi connectivity index (χ2n) is 8.60. The number of halogens is 1. The molecule has 188 valence electrons. The van der Waals surface area contributed by atoms with Crippen LogP contribution in [0.25, 0.3) is 10.9 Å². The number of H-pyrrole nitrogens is 1. The zero-order valence-corrected chi connectivity index (χ0v) is 20.3. The van der Waals surface area contributed by atoms with Crippen LogP contribution in [0.2, 0.25) is 0 Å². The van der Waals surface area contributed by atoms with E-state index in [-0.39, 0.29) is 29.9 Å². The van der Waals surface area contributed by atoms with Crippen LogP contribution in [-0.2, 0) is 22.5 Å². The van der Waals surface area contributed by atoms with Gasteiger partial charge in [0.2, 0.25) is 5.91 Å². The van der Waals surface area contributed by atoms with E-state index in [9.17, 15) is 14.0 Å². The van der Waals surface area contributed by atoms with Crippen molar-refractivity contribution in [2.24, 2.45) is 0 Å². The molecule has 2 aromatic carbocycles. The molecular weight excluding hydrogens is 461 g/mol. The summed E-state index contributed by atoms with van der Waals surface area (Å²) in [6.45, 7) is 1.47. The molecule has 36 heavy (non-hydrogen) atoms. The van der Waals surface area contributed by atoms with E-state index in [0.29, 0.717) is 39.1 Å². The Balaban J connectivity index is 1.52. The number of rotatable bonds is 12. The monoisotopic (exact) mass is 491 g/mol. The van der Waals surface area contributed by atoms with Gasteiger partial charge in [0, 0.05) is 50.5 Å². The van der Waals surface area contributed by atoms with E-state index in [4.69, 9.17) is 9.15 Å². The number of methoxy groups -OCH3 is 1. The lowest BCUT2D eigenvalue weighted by Gasteiger charge is -2.27. The Morgan fingerprint density at radius 3 is 2.56 bits per heavy atom. The normalized spacial score (nSPS) is 11.1. The van der Waals surface area contributed by atoms with Gasteiger partial charge < -0.3 is 23.9 Å². The van der Waals surface area contributed by atoms with Crippen molar-refractivity contribution in [1.82, 2.24) is 14.8 Å². The summed E-state index contributed by atoms with van der Waals surface area (Å²) >= 11 is 0. The smallest absolute Gasteiger partial charge is 0.290 e. The fourth-order valence-electron chi connectivity index (χ4n) is 4.17. The first-order valence-corrected chi connectivity index (χ1v) is 11.9. The fourth-order valence-corrected chi connectivity index (χ4v) is 4.17. The molecule has 4 aromatic rings.